The van der Waals surface area contributed by atoms with Crippen LogP contribution >= 0.6 is 0 Å². The number of H-pyrrole nitrogens is 2. The largest absolute Gasteiger partial charge is 0.368 e. The number of nitrogens with zero attached hydrogens (tertiary/aromatic N) is 3. The Kier molecular flexibility index (Phi) is 2.00. The lowest BCUT2D eigenvalue weighted by atomic mass is 10.1. The Bertz CT molecular complexity index is 993. The number of para-hydroxylation sites is 1. The van der Waals surface area contributed by atoms with Gasteiger partial charge in [0.2, 0.25) is 11.7 Å². The first kappa shape index (κ1) is 10.8. The maximum atomic E-state index is 12.1. The number of fused-ring (bicyclic) bond motifs is 2. The number of hydrogen-bond acceptors (Lipinski definition) is 4. The minimum Gasteiger partial charge on any atom is -0.368 e. The van der Waals surface area contributed by atoms with Gasteiger partial charge in [-0.1, -0.05) is 18.2 Å². The van der Waals surface area contributed by atoms with Crippen molar-refractivity contribution in [1.82, 2.24) is 24.6 Å². The SMILES string of the molecule is Nc1n[nH]c2nc(-c3c[nH]c4ccccc34)cc(=O)n12. The molecule has 0 radical (unpaired) electrons. The molecule has 0 bridgehead atoms. The van der Waals surface area contributed by atoms with E-state index in [0.717, 1.165) is 16.5 Å². The van der Waals surface area contributed by atoms with Crippen molar-refractivity contribution in [3.63, 3.8) is 0 Å². The van der Waals surface area contributed by atoms with E-state index in [2.05, 4.69) is 20.2 Å². The second-order valence-electron chi connectivity index (χ2n) is 4.47. The fraction of sp³-hybridized carbons (Fsp3) is 0. The van der Waals surface area contributed by atoms with E-state index >= 15 is 0 Å². The summed E-state index contributed by atoms with van der Waals surface area (Å²) in [7, 11) is 0. The monoisotopic (exact) mass is 266 g/mol. The molecule has 7 heteroatoms. The fourth-order valence-corrected chi connectivity index (χ4v) is 2.36. The molecule has 0 aliphatic rings. The average Bonchev–Trinajstić information content (AvgIpc) is 3.03. The molecular formula is C13H10N6O. The first-order valence-electron chi connectivity index (χ1n) is 6.04. The Morgan fingerprint density at radius 3 is 3.00 bits per heavy atom. The molecule has 4 rings (SSSR count). The third-order valence-corrected chi connectivity index (χ3v) is 3.28. The molecule has 0 aliphatic carbocycles. The summed E-state index contributed by atoms with van der Waals surface area (Å²) in [6, 6.07) is 9.29. The van der Waals surface area contributed by atoms with Crippen molar-refractivity contribution in [2.45, 2.75) is 0 Å². The molecule has 0 spiro atoms. The van der Waals surface area contributed by atoms with E-state index < -0.39 is 0 Å². The van der Waals surface area contributed by atoms with Crippen LogP contribution in [0, 0.1) is 0 Å². The Balaban J connectivity index is 2.05. The van der Waals surface area contributed by atoms with Crippen LogP contribution in [0.2, 0.25) is 0 Å². The third kappa shape index (κ3) is 1.37. The lowest BCUT2D eigenvalue weighted by molar-refractivity contribution is 1.07. The number of aromatic nitrogens is 5. The highest BCUT2D eigenvalue weighted by molar-refractivity contribution is 5.94. The Labute approximate surface area is 112 Å². The van der Waals surface area contributed by atoms with E-state index in [1.165, 1.54) is 10.5 Å². The van der Waals surface area contributed by atoms with Crippen LogP contribution in [0.1, 0.15) is 0 Å². The third-order valence-electron chi connectivity index (χ3n) is 3.28. The summed E-state index contributed by atoms with van der Waals surface area (Å²) in [5.74, 6) is 0.429. The van der Waals surface area contributed by atoms with Crippen molar-refractivity contribution in [2.24, 2.45) is 0 Å². The van der Waals surface area contributed by atoms with Gasteiger partial charge in [-0.3, -0.25) is 4.79 Å². The zero-order valence-electron chi connectivity index (χ0n) is 10.3. The molecule has 0 saturated carbocycles. The van der Waals surface area contributed by atoms with Crippen LogP contribution < -0.4 is 11.3 Å². The molecule has 20 heavy (non-hydrogen) atoms. The van der Waals surface area contributed by atoms with Crippen molar-refractivity contribution in [3.8, 4) is 11.3 Å². The van der Waals surface area contributed by atoms with E-state index in [9.17, 15) is 4.79 Å². The van der Waals surface area contributed by atoms with Crippen molar-refractivity contribution >= 4 is 22.6 Å². The molecule has 4 N–H and O–H groups in total. The molecule has 0 atom stereocenters. The smallest absolute Gasteiger partial charge is 0.262 e. The summed E-state index contributed by atoms with van der Waals surface area (Å²) in [5, 5.41) is 7.44. The maximum absolute atomic E-state index is 12.1. The molecule has 1 aromatic carbocycles. The Hall–Kier alpha value is -3.09. The predicted molar refractivity (Wildman–Crippen MR) is 75.3 cm³/mol. The van der Waals surface area contributed by atoms with Crippen LogP contribution in [-0.2, 0) is 0 Å². The van der Waals surface area contributed by atoms with E-state index in [0.29, 0.717) is 11.5 Å². The first-order valence-corrected chi connectivity index (χ1v) is 6.04. The van der Waals surface area contributed by atoms with Crippen molar-refractivity contribution in [3.05, 3.63) is 46.9 Å². The minimum atomic E-state index is -0.262. The number of nitrogens with one attached hydrogen (secondary N) is 2. The summed E-state index contributed by atoms with van der Waals surface area (Å²) in [4.78, 5) is 19.6. The van der Waals surface area contributed by atoms with Gasteiger partial charge in [0.15, 0.2) is 0 Å². The van der Waals surface area contributed by atoms with Gasteiger partial charge in [0.1, 0.15) is 0 Å². The molecule has 3 aromatic heterocycles. The predicted octanol–water partition coefficient (Wildman–Crippen LogP) is 1.15. The number of nitrogens with two attached hydrogens (primary N) is 1. The van der Waals surface area contributed by atoms with Crippen LogP contribution in [0.25, 0.3) is 27.9 Å². The van der Waals surface area contributed by atoms with Gasteiger partial charge in [0.05, 0.1) is 5.69 Å². The molecule has 4 aromatic rings. The summed E-state index contributed by atoms with van der Waals surface area (Å²) in [6.07, 6.45) is 1.84. The second kappa shape index (κ2) is 3.70. The molecule has 0 saturated heterocycles. The van der Waals surface area contributed by atoms with Gasteiger partial charge in [-0.15, -0.1) is 5.10 Å². The van der Waals surface area contributed by atoms with Gasteiger partial charge in [0.25, 0.3) is 5.56 Å². The highest BCUT2D eigenvalue weighted by atomic mass is 16.1. The van der Waals surface area contributed by atoms with Gasteiger partial charge < -0.3 is 10.7 Å². The van der Waals surface area contributed by atoms with Gasteiger partial charge >= 0.3 is 0 Å². The number of benzene rings is 1. The Morgan fingerprint density at radius 1 is 1.25 bits per heavy atom. The molecule has 0 amide bonds. The normalized spacial score (nSPS) is 11.4. The lowest BCUT2D eigenvalue weighted by Crippen LogP contribution is -2.15. The lowest BCUT2D eigenvalue weighted by Gasteiger charge is -1.99. The minimum absolute atomic E-state index is 0.1000. The summed E-state index contributed by atoms with van der Waals surface area (Å²) < 4.78 is 1.23. The maximum Gasteiger partial charge on any atom is 0.262 e. The summed E-state index contributed by atoms with van der Waals surface area (Å²) >= 11 is 0. The number of rotatable bonds is 1. The zero-order valence-corrected chi connectivity index (χ0v) is 10.3. The van der Waals surface area contributed by atoms with Gasteiger partial charge in [-0.25, -0.2) is 14.5 Å². The quantitative estimate of drug-likeness (QED) is 0.480. The van der Waals surface area contributed by atoms with Crippen molar-refractivity contribution < 1.29 is 0 Å². The molecule has 7 nitrogen and oxygen atoms in total. The van der Waals surface area contributed by atoms with Crippen LogP contribution in [0.5, 0.6) is 0 Å². The second-order valence-corrected chi connectivity index (χ2v) is 4.47. The van der Waals surface area contributed by atoms with Crippen LogP contribution in [-0.4, -0.2) is 24.6 Å². The molecule has 0 aliphatic heterocycles. The van der Waals surface area contributed by atoms with E-state index in [1.807, 2.05) is 30.5 Å². The standard InChI is InChI=1S/C13H10N6O/c14-12-17-18-13-16-10(5-11(20)19(12)13)8-6-15-9-4-2-1-3-7(8)9/h1-6,15H,(H2,14,17)(H,16,18). The number of aromatic amines is 2. The number of anilines is 1. The van der Waals surface area contributed by atoms with Gasteiger partial charge in [-0.05, 0) is 6.07 Å². The van der Waals surface area contributed by atoms with Crippen molar-refractivity contribution in [2.75, 3.05) is 5.73 Å². The van der Waals surface area contributed by atoms with Crippen LogP contribution in [0.15, 0.2) is 41.3 Å². The average molecular weight is 266 g/mol. The fourth-order valence-electron chi connectivity index (χ4n) is 2.36. The topological polar surface area (TPSA) is 105 Å². The highest BCUT2D eigenvalue weighted by Gasteiger charge is 2.12. The van der Waals surface area contributed by atoms with E-state index in [4.69, 9.17) is 5.73 Å². The molecule has 3 heterocycles. The molecule has 0 unspecified atom stereocenters. The summed E-state index contributed by atoms with van der Waals surface area (Å²) in [6.45, 7) is 0. The first-order chi connectivity index (χ1) is 9.74. The van der Waals surface area contributed by atoms with Crippen LogP contribution in [0.3, 0.4) is 0 Å². The number of nitrogen functional groups attached to an aromatic ring is 1. The van der Waals surface area contributed by atoms with E-state index in [-0.39, 0.29) is 11.5 Å². The number of hydrogen-bond donors (Lipinski definition) is 3. The molecular weight excluding hydrogens is 256 g/mol. The van der Waals surface area contributed by atoms with Gasteiger partial charge in [0, 0.05) is 28.7 Å². The van der Waals surface area contributed by atoms with E-state index in [1.54, 1.807) is 0 Å². The van der Waals surface area contributed by atoms with Gasteiger partial charge in [-0.2, -0.15) is 0 Å². The zero-order chi connectivity index (χ0) is 13.7. The Morgan fingerprint density at radius 2 is 2.10 bits per heavy atom. The van der Waals surface area contributed by atoms with Crippen LogP contribution in [0.4, 0.5) is 5.95 Å². The van der Waals surface area contributed by atoms with Crippen molar-refractivity contribution in [1.29, 1.82) is 0 Å². The molecule has 98 valence electrons. The molecule has 0 fully saturated rings. The summed E-state index contributed by atoms with van der Waals surface area (Å²) in [5.41, 5.74) is 7.79. The highest BCUT2D eigenvalue weighted by Crippen LogP contribution is 2.26.